The molecule has 3 aliphatic rings. The number of pyridine rings is 1. The van der Waals surface area contributed by atoms with E-state index in [4.69, 9.17) is 14.5 Å². The number of cyclic esters (lactones) is 1. The number of nitrogens with one attached hydrogen (secondary N) is 2. The number of amides is 4. The van der Waals surface area contributed by atoms with Crippen molar-refractivity contribution in [3.8, 4) is 40.0 Å². The second kappa shape index (κ2) is 21.8. The van der Waals surface area contributed by atoms with Crippen molar-refractivity contribution < 1.29 is 38.6 Å². The van der Waals surface area contributed by atoms with Gasteiger partial charge in [-0.25, -0.2) is 5.43 Å². The van der Waals surface area contributed by atoms with Gasteiger partial charge in [-0.3, -0.25) is 38.9 Å². The Morgan fingerprint density at radius 1 is 1.04 bits per heavy atom. The highest BCUT2D eigenvalue weighted by Crippen LogP contribution is 2.42. The van der Waals surface area contributed by atoms with E-state index in [0.717, 1.165) is 39.0 Å². The number of aromatic hydroxyl groups is 1. The summed E-state index contributed by atoms with van der Waals surface area (Å²) < 4.78 is 14.2. The molecule has 70 heavy (non-hydrogen) atoms. The lowest BCUT2D eigenvalue weighted by atomic mass is 9.84. The van der Waals surface area contributed by atoms with E-state index in [0.29, 0.717) is 56.4 Å². The molecule has 374 valence electrons. The van der Waals surface area contributed by atoms with Gasteiger partial charge in [0.05, 0.1) is 36.6 Å². The van der Waals surface area contributed by atoms with Gasteiger partial charge in [0.15, 0.2) is 0 Å². The SMILES string of the molecule is CCn1c(-c2cccnc2[C@H](C)OC)c2c3cc(ccc31)-c1cc(O)cc(c1)C[C@H](NC(=O)[C@H](C(C)C)N(C)C(=O)[C@H]1CCN(C(=O)C#CCN(C)C)C1)C(=O)N1CCC[C@H](N1)C(=O)OCC(C)(C)C2. The minimum atomic E-state index is -1.18. The molecule has 5 heterocycles. The quantitative estimate of drug-likeness (QED) is 0.138. The molecule has 4 amide bonds. The molecule has 0 unspecified atom stereocenters. The highest BCUT2D eigenvalue weighted by atomic mass is 16.5. The summed E-state index contributed by atoms with van der Waals surface area (Å²) in [6.07, 6.45) is 3.37. The van der Waals surface area contributed by atoms with Gasteiger partial charge in [-0.1, -0.05) is 45.7 Å². The Morgan fingerprint density at radius 2 is 1.81 bits per heavy atom. The van der Waals surface area contributed by atoms with Crippen molar-refractivity contribution in [3.63, 3.8) is 0 Å². The predicted molar refractivity (Wildman–Crippen MR) is 268 cm³/mol. The first kappa shape index (κ1) is 51.6. The van der Waals surface area contributed by atoms with Gasteiger partial charge in [-0.05, 0) is 124 Å². The highest BCUT2D eigenvalue weighted by molar-refractivity contribution is 5.97. The maximum atomic E-state index is 14.8. The number of hydrogen-bond acceptors (Lipinski definition) is 11. The molecule has 0 spiro atoms. The van der Waals surface area contributed by atoms with E-state index in [9.17, 15) is 29.1 Å². The molecule has 0 aliphatic carbocycles. The number of rotatable bonds is 10. The largest absolute Gasteiger partial charge is 0.508 e. The lowest BCUT2D eigenvalue weighted by Gasteiger charge is -2.37. The number of hydrogen-bond donors (Lipinski definition) is 3. The Hall–Kier alpha value is -6.28. The number of ether oxygens (including phenoxy) is 2. The van der Waals surface area contributed by atoms with Crippen molar-refractivity contribution in [3.05, 3.63) is 71.5 Å². The minimum Gasteiger partial charge on any atom is -0.508 e. The number of aryl methyl sites for hydroxylation is 1. The van der Waals surface area contributed by atoms with Crippen LogP contribution >= 0.6 is 0 Å². The predicted octanol–water partition coefficient (Wildman–Crippen LogP) is 5.35. The molecule has 2 fully saturated rings. The van der Waals surface area contributed by atoms with Crippen LogP contribution in [-0.2, 0) is 52.8 Å². The summed E-state index contributed by atoms with van der Waals surface area (Å²) in [6, 6.07) is 12.5. The molecule has 16 heteroatoms. The maximum absolute atomic E-state index is 14.8. The summed E-state index contributed by atoms with van der Waals surface area (Å²) in [4.78, 5) is 80.0. The molecular weight excluding hydrogens is 889 g/mol. The van der Waals surface area contributed by atoms with Crippen LogP contribution in [0.5, 0.6) is 5.75 Å². The van der Waals surface area contributed by atoms with E-state index in [-0.39, 0.29) is 55.7 Å². The molecule has 0 saturated carbocycles. The number of aromatic nitrogens is 2. The average molecular weight is 959 g/mol. The number of benzene rings is 2. The number of likely N-dealkylation sites (tertiary alicyclic amines) is 1. The van der Waals surface area contributed by atoms with E-state index in [2.05, 4.69) is 66.1 Å². The van der Waals surface area contributed by atoms with E-state index in [1.165, 1.54) is 9.91 Å². The number of hydrazine groups is 1. The topological polar surface area (TPSA) is 179 Å². The van der Waals surface area contributed by atoms with Crippen LogP contribution in [-0.4, -0.2) is 143 Å². The second-order valence-corrected chi connectivity index (χ2v) is 20.4. The van der Waals surface area contributed by atoms with Crippen LogP contribution in [0.1, 0.15) is 83.7 Å². The lowest BCUT2D eigenvalue weighted by Crippen LogP contribution is -2.62. The number of phenolic OH excluding ortho intramolecular Hbond substituents is 1. The molecule has 0 radical (unpaired) electrons. The molecule has 2 aromatic carbocycles. The van der Waals surface area contributed by atoms with E-state index in [1.54, 1.807) is 37.4 Å². The molecule has 2 saturated heterocycles. The summed E-state index contributed by atoms with van der Waals surface area (Å²) >= 11 is 0. The molecule has 3 aliphatic heterocycles. The Balaban J connectivity index is 1.26. The molecule has 7 rings (SSSR count). The monoisotopic (exact) mass is 959 g/mol. The van der Waals surface area contributed by atoms with E-state index in [1.807, 2.05) is 58.0 Å². The summed E-state index contributed by atoms with van der Waals surface area (Å²) in [5.41, 5.74) is 9.51. The number of methoxy groups -OCH3 is 1. The van der Waals surface area contributed by atoms with Crippen molar-refractivity contribution in [2.45, 2.75) is 104 Å². The molecule has 16 nitrogen and oxygen atoms in total. The van der Waals surface area contributed by atoms with Gasteiger partial charge >= 0.3 is 5.97 Å². The van der Waals surface area contributed by atoms with Crippen molar-refractivity contribution in [2.24, 2.45) is 17.3 Å². The minimum absolute atomic E-state index is 0.0154. The van der Waals surface area contributed by atoms with Crippen LogP contribution in [0.3, 0.4) is 0 Å². The number of phenols is 1. The number of carbonyl (C=O) groups is 5. The van der Waals surface area contributed by atoms with Crippen LogP contribution in [0.15, 0.2) is 54.7 Å². The fourth-order valence-corrected chi connectivity index (χ4v) is 10.2. The zero-order chi connectivity index (χ0) is 50.6. The average Bonchev–Trinajstić information content (AvgIpc) is 3.94. The van der Waals surface area contributed by atoms with Crippen LogP contribution in [0.2, 0.25) is 0 Å². The number of nitrogens with zero attached hydrogens (tertiary/aromatic N) is 6. The molecule has 3 N–H and O–H groups in total. The fraction of sp³-hybridized carbons (Fsp3) is 0.519. The summed E-state index contributed by atoms with van der Waals surface area (Å²) in [6.45, 7) is 13.9. The van der Waals surface area contributed by atoms with Gasteiger partial charge in [0.2, 0.25) is 11.8 Å². The molecule has 2 aromatic heterocycles. The zero-order valence-corrected chi connectivity index (χ0v) is 42.4. The summed E-state index contributed by atoms with van der Waals surface area (Å²) in [5, 5.41) is 16.8. The molecule has 6 bridgehead atoms. The van der Waals surface area contributed by atoms with Gasteiger partial charge in [0.1, 0.15) is 23.9 Å². The van der Waals surface area contributed by atoms with Gasteiger partial charge in [-0.2, -0.15) is 0 Å². The third-order valence-corrected chi connectivity index (χ3v) is 13.8. The van der Waals surface area contributed by atoms with Crippen molar-refractivity contribution >= 4 is 40.5 Å². The smallest absolute Gasteiger partial charge is 0.324 e. The molecule has 4 aromatic rings. The number of esters is 1. The first-order valence-corrected chi connectivity index (χ1v) is 24.5. The zero-order valence-electron chi connectivity index (χ0n) is 42.4. The van der Waals surface area contributed by atoms with Gasteiger partial charge in [0.25, 0.3) is 11.8 Å². The van der Waals surface area contributed by atoms with Crippen LogP contribution < -0.4 is 10.7 Å². The van der Waals surface area contributed by atoms with E-state index < -0.39 is 47.2 Å². The Labute approximate surface area is 412 Å². The first-order chi connectivity index (χ1) is 33.3. The van der Waals surface area contributed by atoms with Crippen molar-refractivity contribution in [1.82, 2.24) is 40.0 Å². The van der Waals surface area contributed by atoms with Gasteiger partial charge in [0, 0.05) is 74.8 Å². The van der Waals surface area contributed by atoms with Crippen LogP contribution in [0.25, 0.3) is 33.3 Å². The standard InChI is InChI=1S/C54H70N8O8/c1-11-61-45-19-18-36-29-41(45)42(49(61)40-15-12-21-55-47(40)34(4)69-10)30-54(5,6)32-70-53(68)43-16-13-23-62(57-43)52(67)44(27-35-25-38(36)28-39(63)26-35)56-50(65)48(33(2)3)59(9)51(66)37-20-24-60(31-37)46(64)17-14-22-58(7)8/h12,15,18-19,21,25-26,28-29,33-34,37,43-44,48,57,63H,11,13,16,20,22-24,27,30-32H2,1-10H3,(H,56,65)/t34-,37-,43-,44-,48-/m0/s1. The first-order valence-electron chi connectivity index (χ1n) is 24.5. The van der Waals surface area contributed by atoms with Crippen molar-refractivity contribution in [1.29, 1.82) is 0 Å². The van der Waals surface area contributed by atoms with Crippen molar-refractivity contribution in [2.75, 3.05) is 61.0 Å². The fourth-order valence-electron chi connectivity index (χ4n) is 10.2. The van der Waals surface area contributed by atoms with E-state index >= 15 is 0 Å². The van der Waals surface area contributed by atoms with Gasteiger partial charge < -0.3 is 34.3 Å². The molecule has 5 atom stereocenters. The Bertz CT molecular complexity index is 2680. The number of likely N-dealkylation sites (N-methyl/N-ethyl adjacent to an activating group) is 1. The summed E-state index contributed by atoms with van der Waals surface area (Å²) in [7, 11) is 6.98. The summed E-state index contributed by atoms with van der Waals surface area (Å²) in [5.74, 6) is 2.49. The molecular formula is C54H70N8O8. The number of fused-ring (bicyclic) bond motifs is 6. The highest BCUT2D eigenvalue weighted by Gasteiger charge is 2.40. The third kappa shape index (κ3) is 11.3. The lowest BCUT2D eigenvalue weighted by molar-refractivity contribution is -0.155. The van der Waals surface area contributed by atoms with Crippen LogP contribution in [0, 0.1) is 29.1 Å². The second-order valence-electron chi connectivity index (χ2n) is 20.4. The Kier molecular flexibility index (Phi) is 16.0. The van der Waals surface area contributed by atoms with Gasteiger partial charge in [-0.15, -0.1) is 0 Å². The third-order valence-electron chi connectivity index (χ3n) is 13.8. The normalized spacial score (nSPS) is 20.4. The number of carbonyl (C=O) groups excluding carboxylic acids is 5. The Morgan fingerprint density at radius 3 is 2.53 bits per heavy atom. The van der Waals surface area contributed by atoms with Crippen LogP contribution in [0.4, 0.5) is 0 Å². The maximum Gasteiger partial charge on any atom is 0.324 e.